The molecule has 7 heteroatoms. The molecular formula is C8H11BrN2O2S2. The highest BCUT2D eigenvalue weighted by Gasteiger charge is 2.34. The Morgan fingerprint density at radius 3 is 2.80 bits per heavy atom. The van der Waals surface area contributed by atoms with Gasteiger partial charge in [0.25, 0.3) is 10.0 Å². The summed E-state index contributed by atoms with van der Waals surface area (Å²) in [5.41, 5.74) is 5.76. The van der Waals surface area contributed by atoms with Crippen molar-refractivity contribution in [2.24, 2.45) is 5.73 Å². The number of thiophene rings is 1. The summed E-state index contributed by atoms with van der Waals surface area (Å²) in [7, 11) is -3.40. The van der Waals surface area contributed by atoms with Crippen molar-refractivity contribution in [3.05, 3.63) is 15.9 Å². The number of halogens is 1. The van der Waals surface area contributed by atoms with Crippen LogP contribution in [0.4, 0.5) is 0 Å². The number of sulfonamides is 1. The summed E-state index contributed by atoms with van der Waals surface area (Å²) in [5, 5.41) is 1.75. The Hall–Kier alpha value is 0.0500. The van der Waals surface area contributed by atoms with E-state index in [0.29, 0.717) is 15.2 Å². The Labute approximate surface area is 101 Å². The number of hydrogen-bond donors (Lipinski definition) is 1. The van der Waals surface area contributed by atoms with E-state index in [-0.39, 0.29) is 6.17 Å². The molecule has 1 atom stereocenters. The zero-order chi connectivity index (χ0) is 11.1. The molecular weight excluding hydrogens is 300 g/mol. The van der Waals surface area contributed by atoms with Gasteiger partial charge >= 0.3 is 0 Å². The molecule has 0 saturated carbocycles. The maximum atomic E-state index is 12.2. The zero-order valence-electron chi connectivity index (χ0n) is 7.89. The minimum absolute atomic E-state index is 0.347. The van der Waals surface area contributed by atoms with Crippen LogP contribution >= 0.6 is 27.3 Å². The van der Waals surface area contributed by atoms with Crippen LogP contribution in [0.15, 0.2) is 20.1 Å². The molecule has 0 amide bonds. The smallest absolute Gasteiger partial charge is 0.255 e. The van der Waals surface area contributed by atoms with Crippen LogP contribution in [-0.4, -0.2) is 25.4 Å². The van der Waals surface area contributed by atoms with Crippen molar-refractivity contribution in [3.8, 4) is 0 Å². The summed E-state index contributed by atoms with van der Waals surface area (Å²) < 4.78 is 26.6. The van der Waals surface area contributed by atoms with Gasteiger partial charge in [-0.1, -0.05) is 0 Å². The summed E-state index contributed by atoms with van der Waals surface area (Å²) in [6.45, 7) is 0.522. The van der Waals surface area contributed by atoms with Gasteiger partial charge < -0.3 is 5.73 Å². The van der Waals surface area contributed by atoms with Gasteiger partial charge in [-0.25, -0.2) is 8.42 Å². The van der Waals surface area contributed by atoms with Crippen molar-refractivity contribution in [1.82, 2.24) is 4.31 Å². The van der Waals surface area contributed by atoms with Crippen molar-refractivity contribution < 1.29 is 8.42 Å². The molecule has 1 saturated heterocycles. The van der Waals surface area contributed by atoms with Gasteiger partial charge in [0.2, 0.25) is 0 Å². The Kier molecular flexibility index (Phi) is 3.18. The molecule has 0 aliphatic carbocycles. The first-order chi connectivity index (χ1) is 7.03. The van der Waals surface area contributed by atoms with E-state index >= 15 is 0 Å². The molecule has 1 unspecified atom stereocenters. The fraction of sp³-hybridized carbons (Fsp3) is 0.500. The van der Waals surface area contributed by atoms with Gasteiger partial charge in [-0.2, -0.15) is 4.31 Å². The first-order valence-electron chi connectivity index (χ1n) is 4.54. The van der Waals surface area contributed by atoms with E-state index in [1.54, 1.807) is 11.4 Å². The molecule has 4 nitrogen and oxygen atoms in total. The molecule has 2 N–H and O–H groups in total. The molecule has 0 aromatic carbocycles. The van der Waals surface area contributed by atoms with Crippen molar-refractivity contribution in [2.75, 3.05) is 6.54 Å². The lowest BCUT2D eigenvalue weighted by Gasteiger charge is -2.19. The van der Waals surface area contributed by atoms with Crippen molar-refractivity contribution in [1.29, 1.82) is 0 Å². The van der Waals surface area contributed by atoms with E-state index in [4.69, 9.17) is 5.73 Å². The van der Waals surface area contributed by atoms with Gasteiger partial charge in [0, 0.05) is 11.0 Å². The summed E-state index contributed by atoms with van der Waals surface area (Å²) in [6.07, 6.45) is 1.20. The third kappa shape index (κ3) is 1.99. The van der Waals surface area contributed by atoms with Crippen LogP contribution in [0.2, 0.25) is 0 Å². The Morgan fingerprint density at radius 1 is 1.60 bits per heavy atom. The Balaban J connectivity index is 2.39. The van der Waals surface area contributed by atoms with E-state index in [9.17, 15) is 8.42 Å². The summed E-state index contributed by atoms with van der Waals surface area (Å²) >= 11 is 4.45. The summed E-state index contributed by atoms with van der Waals surface area (Å²) in [6, 6.07) is 1.74. The summed E-state index contributed by atoms with van der Waals surface area (Å²) in [4.78, 5) is 0. The van der Waals surface area contributed by atoms with Crippen LogP contribution in [0.1, 0.15) is 12.8 Å². The maximum Gasteiger partial charge on any atom is 0.255 e. The van der Waals surface area contributed by atoms with Gasteiger partial charge in [-0.15, -0.1) is 11.3 Å². The predicted octanol–water partition coefficient (Wildman–Crippen LogP) is 1.58. The minimum atomic E-state index is -3.40. The van der Waals surface area contributed by atoms with Crippen LogP contribution in [0, 0.1) is 0 Å². The van der Waals surface area contributed by atoms with Crippen LogP contribution in [-0.2, 0) is 10.0 Å². The van der Waals surface area contributed by atoms with Crippen molar-refractivity contribution >= 4 is 37.3 Å². The number of nitrogens with two attached hydrogens (primary N) is 1. The van der Waals surface area contributed by atoms with Crippen molar-refractivity contribution in [3.63, 3.8) is 0 Å². The third-order valence-electron chi connectivity index (χ3n) is 2.38. The lowest BCUT2D eigenvalue weighted by Crippen LogP contribution is -2.40. The van der Waals surface area contributed by atoms with Gasteiger partial charge in [-0.05, 0) is 40.2 Å². The fourth-order valence-corrected chi connectivity index (χ4v) is 5.64. The normalized spacial score (nSPS) is 23.5. The lowest BCUT2D eigenvalue weighted by molar-refractivity contribution is 0.397. The van der Waals surface area contributed by atoms with Crippen LogP contribution < -0.4 is 5.73 Å². The molecule has 0 bridgehead atoms. The van der Waals surface area contributed by atoms with Gasteiger partial charge in [0.1, 0.15) is 4.21 Å². The summed E-state index contributed by atoms with van der Waals surface area (Å²) in [5.74, 6) is 0. The van der Waals surface area contributed by atoms with E-state index in [2.05, 4.69) is 15.9 Å². The molecule has 2 rings (SSSR count). The van der Waals surface area contributed by atoms with Gasteiger partial charge in [0.05, 0.1) is 6.17 Å². The highest BCUT2D eigenvalue weighted by Crippen LogP contribution is 2.32. The zero-order valence-corrected chi connectivity index (χ0v) is 11.1. The second-order valence-electron chi connectivity index (χ2n) is 3.38. The highest BCUT2D eigenvalue weighted by atomic mass is 79.9. The van der Waals surface area contributed by atoms with Crippen LogP contribution in [0.3, 0.4) is 0 Å². The van der Waals surface area contributed by atoms with E-state index in [1.165, 1.54) is 15.6 Å². The molecule has 1 aromatic heterocycles. The number of rotatable bonds is 2. The molecule has 84 valence electrons. The monoisotopic (exact) mass is 310 g/mol. The Bertz CT molecular complexity index is 457. The average molecular weight is 311 g/mol. The van der Waals surface area contributed by atoms with Crippen molar-refractivity contribution in [2.45, 2.75) is 23.2 Å². The first kappa shape index (κ1) is 11.5. The van der Waals surface area contributed by atoms with E-state index in [0.717, 1.165) is 12.8 Å². The molecule has 1 aliphatic heterocycles. The minimum Gasteiger partial charge on any atom is -0.315 e. The fourth-order valence-electron chi connectivity index (χ4n) is 1.63. The molecule has 1 fully saturated rings. The second kappa shape index (κ2) is 4.14. The average Bonchev–Trinajstić information content (AvgIpc) is 2.73. The largest absolute Gasteiger partial charge is 0.315 e. The molecule has 2 heterocycles. The van der Waals surface area contributed by atoms with E-state index < -0.39 is 10.0 Å². The lowest BCUT2D eigenvalue weighted by atomic mass is 10.3. The highest BCUT2D eigenvalue weighted by molar-refractivity contribution is 9.10. The van der Waals surface area contributed by atoms with Crippen LogP contribution in [0.5, 0.6) is 0 Å². The SMILES string of the molecule is NC1CCCN1S(=O)(=O)c1sccc1Br. The molecule has 1 aromatic rings. The molecule has 0 spiro atoms. The standard InChI is InChI=1S/C8H11BrN2O2S2/c9-6-3-5-14-8(6)15(12,13)11-4-1-2-7(11)10/h3,5,7H,1-2,4,10H2. The van der Waals surface area contributed by atoms with E-state index in [1.807, 2.05) is 0 Å². The maximum absolute atomic E-state index is 12.2. The topological polar surface area (TPSA) is 63.4 Å². The van der Waals surface area contributed by atoms with Gasteiger partial charge in [-0.3, -0.25) is 0 Å². The molecule has 0 radical (unpaired) electrons. The van der Waals surface area contributed by atoms with Gasteiger partial charge in [0.15, 0.2) is 0 Å². The number of nitrogens with zero attached hydrogens (tertiary/aromatic N) is 1. The number of hydrogen-bond acceptors (Lipinski definition) is 4. The third-order valence-corrected chi connectivity index (χ3v) is 6.95. The predicted molar refractivity (Wildman–Crippen MR) is 63.1 cm³/mol. The van der Waals surface area contributed by atoms with Crippen LogP contribution in [0.25, 0.3) is 0 Å². The quantitative estimate of drug-likeness (QED) is 0.902. The Morgan fingerprint density at radius 2 is 2.33 bits per heavy atom. The molecule has 15 heavy (non-hydrogen) atoms. The molecule has 1 aliphatic rings. The first-order valence-corrected chi connectivity index (χ1v) is 7.65. The second-order valence-corrected chi connectivity index (χ2v) is 7.24.